The zero-order valence-electron chi connectivity index (χ0n) is 14.4. The Hall–Kier alpha value is -3.23. The number of carbonyl (C=O) groups is 1. The van der Waals surface area contributed by atoms with Crippen molar-refractivity contribution in [1.29, 1.82) is 10.5 Å². The Bertz CT molecular complexity index is 956. The second-order valence-electron chi connectivity index (χ2n) is 6.18. The van der Waals surface area contributed by atoms with Crippen molar-refractivity contribution >= 4 is 23.5 Å². The highest BCUT2D eigenvalue weighted by Gasteiger charge is 2.23. The van der Waals surface area contributed by atoms with Gasteiger partial charge in [-0.15, -0.1) is 0 Å². The maximum atomic E-state index is 11.1. The van der Waals surface area contributed by atoms with E-state index in [9.17, 15) is 15.3 Å². The van der Waals surface area contributed by atoms with E-state index in [4.69, 9.17) is 16.2 Å². The summed E-state index contributed by atoms with van der Waals surface area (Å²) < 4.78 is 5.72. The van der Waals surface area contributed by atoms with Gasteiger partial charge in [0, 0.05) is 5.56 Å². The molecule has 0 radical (unpaired) electrons. The minimum absolute atomic E-state index is 0.00697. The van der Waals surface area contributed by atoms with Crippen LogP contribution in [-0.4, -0.2) is 23.3 Å². The minimum Gasteiger partial charge on any atom is -0.493 e. The van der Waals surface area contributed by atoms with E-state index in [1.54, 1.807) is 24.3 Å². The first-order chi connectivity index (χ1) is 13.0. The molecule has 3 rings (SSSR count). The van der Waals surface area contributed by atoms with Gasteiger partial charge in [0.05, 0.1) is 17.9 Å². The molecule has 0 aliphatic heterocycles. The molecule has 0 bridgehead atoms. The summed E-state index contributed by atoms with van der Waals surface area (Å²) >= 11 is 1.02. The molecule has 1 amide bonds. The Morgan fingerprint density at radius 1 is 1.22 bits per heavy atom. The normalized spacial score (nSPS) is 12.8. The molecule has 1 aliphatic rings. The molecule has 4 N–H and O–H groups in total. The molecule has 7 nitrogen and oxygen atoms in total. The summed E-state index contributed by atoms with van der Waals surface area (Å²) in [6.07, 6.45) is 2.41. The molecular weight excluding hydrogens is 365 g/mol. The third kappa shape index (κ3) is 4.30. The molecular formula is C19H17N5O2S. The van der Waals surface area contributed by atoms with E-state index in [1.165, 1.54) is 12.8 Å². The summed E-state index contributed by atoms with van der Waals surface area (Å²) in [4.78, 5) is 15.2. The number of nitrogens with zero attached hydrogens (tertiary/aromatic N) is 3. The third-order valence-corrected chi connectivity index (χ3v) is 5.09. The molecule has 0 atom stereocenters. The Morgan fingerprint density at radius 2 is 1.89 bits per heavy atom. The Kier molecular flexibility index (Phi) is 5.49. The van der Waals surface area contributed by atoms with Crippen LogP contribution in [0.25, 0.3) is 11.1 Å². The van der Waals surface area contributed by atoms with Gasteiger partial charge in [0.2, 0.25) is 5.91 Å². The van der Waals surface area contributed by atoms with E-state index >= 15 is 0 Å². The van der Waals surface area contributed by atoms with Gasteiger partial charge in [0.15, 0.2) is 0 Å². The first-order valence-corrected chi connectivity index (χ1v) is 9.30. The minimum atomic E-state index is -0.535. The highest BCUT2D eigenvalue weighted by Crippen LogP contribution is 2.36. The zero-order chi connectivity index (χ0) is 19.4. The largest absolute Gasteiger partial charge is 0.493 e. The van der Waals surface area contributed by atoms with Crippen LogP contribution in [0.15, 0.2) is 29.3 Å². The van der Waals surface area contributed by atoms with Crippen molar-refractivity contribution in [3.63, 3.8) is 0 Å². The lowest BCUT2D eigenvalue weighted by Crippen LogP contribution is -2.14. The lowest BCUT2D eigenvalue weighted by atomic mass is 9.97. The quantitative estimate of drug-likeness (QED) is 0.426. The molecule has 27 heavy (non-hydrogen) atoms. The van der Waals surface area contributed by atoms with Crippen molar-refractivity contribution < 1.29 is 9.53 Å². The van der Waals surface area contributed by atoms with Gasteiger partial charge in [-0.3, -0.25) is 4.79 Å². The zero-order valence-corrected chi connectivity index (χ0v) is 15.3. The van der Waals surface area contributed by atoms with Crippen molar-refractivity contribution in [3.8, 4) is 29.0 Å². The molecule has 136 valence electrons. The second-order valence-corrected chi connectivity index (χ2v) is 7.15. The number of ether oxygens (including phenoxy) is 1. The first kappa shape index (κ1) is 18.6. The molecule has 8 heteroatoms. The number of nitrogen functional groups attached to an aromatic ring is 1. The third-order valence-electron chi connectivity index (χ3n) is 4.09. The van der Waals surface area contributed by atoms with Gasteiger partial charge in [0.1, 0.15) is 34.3 Å². The van der Waals surface area contributed by atoms with E-state index in [1.807, 2.05) is 6.07 Å². The van der Waals surface area contributed by atoms with Crippen molar-refractivity contribution in [1.82, 2.24) is 4.98 Å². The second kappa shape index (κ2) is 7.98. The Labute approximate surface area is 160 Å². The molecule has 1 aromatic heterocycles. The number of amides is 1. The summed E-state index contributed by atoms with van der Waals surface area (Å²) in [6, 6.07) is 11.3. The molecule has 1 aromatic carbocycles. The van der Waals surface area contributed by atoms with Gasteiger partial charge in [-0.05, 0) is 36.5 Å². The van der Waals surface area contributed by atoms with Crippen LogP contribution in [0.1, 0.15) is 24.0 Å². The average Bonchev–Trinajstić information content (AvgIpc) is 3.49. The van der Waals surface area contributed by atoms with Gasteiger partial charge in [-0.2, -0.15) is 10.5 Å². The number of hydrogen-bond donors (Lipinski definition) is 2. The van der Waals surface area contributed by atoms with Gasteiger partial charge in [0.25, 0.3) is 0 Å². The molecule has 0 spiro atoms. The fraction of sp³-hybridized carbons (Fsp3) is 0.263. The topological polar surface area (TPSA) is 139 Å². The smallest absolute Gasteiger partial charge is 0.227 e. The number of primary amides is 1. The van der Waals surface area contributed by atoms with Crippen LogP contribution in [0.3, 0.4) is 0 Å². The van der Waals surface area contributed by atoms with Crippen molar-refractivity contribution in [2.45, 2.75) is 17.9 Å². The molecule has 1 fully saturated rings. The number of nitrogens with two attached hydrogens (primary N) is 2. The fourth-order valence-electron chi connectivity index (χ4n) is 2.55. The molecule has 0 saturated heterocycles. The number of pyridine rings is 1. The van der Waals surface area contributed by atoms with Crippen molar-refractivity contribution in [3.05, 3.63) is 35.4 Å². The van der Waals surface area contributed by atoms with Gasteiger partial charge in [-0.1, -0.05) is 23.9 Å². The summed E-state index contributed by atoms with van der Waals surface area (Å²) in [5.41, 5.74) is 12.5. The van der Waals surface area contributed by atoms with Crippen LogP contribution in [0, 0.1) is 28.6 Å². The Morgan fingerprint density at radius 3 is 2.44 bits per heavy atom. The van der Waals surface area contributed by atoms with Gasteiger partial charge in [-0.25, -0.2) is 4.98 Å². The van der Waals surface area contributed by atoms with Crippen molar-refractivity contribution in [2.24, 2.45) is 11.7 Å². The Balaban J connectivity index is 2.00. The van der Waals surface area contributed by atoms with E-state index in [0.717, 1.165) is 17.5 Å². The van der Waals surface area contributed by atoms with Crippen LogP contribution in [-0.2, 0) is 4.79 Å². The monoisotopic (exact) mass is 382 g/mol. The molecule has 1 saturated carbocycles. The van der Waals surface area contributed by atoms with E-state index in [2.05, 4.69) is 11.1 Å². The van der Waals surface area contributed by atoms with E-state index in [0.29, 0.717) is 23.7 Å². The van der Waals surface area contributed by atoms with Crippen LogP contribution in [0.2, 0.25) is 0 Å². The molecule has 2 aromatic rings. The number of hydrogen-bond acceptors (Lipinski definition) is 7. The number of nitriles is 2. The maximum absolute atomic E-state index is 11.1. The lowest BCUT2D eigenvalue weighted by molar-refractivity contribution is -0.115. The van der Waals surface area contributed by atoms with Crippen LogP contribution >= 0.6 is 11.8 Å². The number of anilines is 1. The number of thioether (sulfide) groups is 1. The fourth-order valence-corrected chi connectivity index (χ4v) is 3.28. The number of rotatable bonds is 7. The van der Waals surface area contributed by atoms with Crippen LogP contribution in [0.5, 0.6) is 5.75 Å². The highest BCUT2D eigenvalue weighted by molar-refractivity contribution is 8.00. The predicted molar refractivity (Wildman–Crippen MR) is 102 cm³/mol. The maximum Gasteiger partial charge on any atom is 0.227 e. The molecule has 1 aliphatic carbocycles. The number of aromatic nitrogens is 1. The van der Waals surface area contributed by atoms with Crippen LogP contribution < -0.4 is 16.2 Å². The highest BCUT2D eigenvalue weighted by atomic mass is 32.2. The summed E-state index contributed by atoms with van der Waals surface area (Å²) in [5.74, 6) is 0.804. The first-order valence-electron chi connectivity index (χ1n) is 8.31. The summed E-state index contributed by atoms with van der Waals surface area (Å²) in [5, 5.41) is 19.4. The molecule has 0 unspecified atom stereocenters. The standard InChI is InChI=1S/C19H17N5O2S/c20-7-14-17(12-3-5-13(6-4-12)26-9-11-1-2-11)15(8-21)19(24-18(14)23)27-10-16(22)25/h3-6,11H,1-2,9-10H2,(H2,22,25)(H2,23,24)/i10+1,16+1,22+1. The van der Waals surface area contributed by atoms with E-state index in [-0.39, 0.29) is 27.7 Å². The van der Waals surface area contributed by atoms with Crippen molar-refractivity contribution in [2.75, 3.05) is 18.1 Å². The summed E-state index contributed by atoms with van der Waals surface area (Å²) in [7, 11) is 0. The SMILES string of the molecule is N#Cc1c(N)nc(S[13CH2][13C]([15NH2])=O)c(C#N)c1-c1ccc(OCC2CC2)cc1. The van der Waals surface area contributed by atoms with Crippen LogP contribution in [0.4, 0.5) is 5.82 Å². The van der Waals surface area contributed by atoms with Gasteiger partial charge >= 0.3 is 0 Å². The predicted octanol–water partition coefficient (Wildman–Crippen LogP) is 2.44. The average molecular weight is 382 g/mol. The summed E-state index contributed by atoms with van der Waals surface area (Å²) in [6.45, 7) is 0.697. The van der Waals surface area contributed by atoms with E-state index < -0.39 is 5.91 Å². The van der Waals surface area contributed by atoms with Gasteiger partial charge < -0.3 is 16.2 Å². The number of carbonyl (C=O) groups excluding carboxylic acids is 1. The lowest BCUT2D eigenvalue weighted by Gasteiger charge is -2.13. The number of benzene rings is 1. The molecule has 1 heterocycles.